The predicted octanol–water partition coefficient (Wildman–Crippen LogP) is 2.54. The van der Waals surface area contributed by atoms with Crippen LogP contribution in [-0.2, 0) is 0 Å². The van der Waals surface area contributed by atoms with Crippen molar-refractivity contribution in [2.24, 2.45) is 5.41 Å². The molecule has 2 aliphatic carbocycles. The Morgan fingerprint density at radius 2 is 1.75 bits per heavy atom. The molecule has 0 unspecified atom stereocenters. The van der Waals surface area contributed by atoms with Crippen molar-refractivity contribution in [1.82, 2.24) is 0 Å². The number of rotatable bonds is 0. The minimum Gasteiger partial charge on any atom is -0.0525 e. The SMILES string of the molecule is [CH]1CCCC12CCC2. The van der Waals surface area contributed by atoms with Gasteiger partial charge in [-0.2, -0.15) is 0 Å². The van der Waals surface area contributed by atoms with Crippen LogP contribution in [0, 0.1) is 11.8 Å². The molecule has 0 aromatic rings. The van der Waals surface area contributed by atoms with Gasteiger partial charge in [-0.25, -0.2) is 0 Å². The van der Waals surface area contributed by atoms with Crippen molar-refractivity contribution in [3.8, 4) is 0 Å². The second-order valence-electron chi connectivity index (χ2n) is 3.31. The largest absolute Gasteiger partial charge is 0.0525 e. The first-order chi connectivity index (χ1) is 3.91. The van der Waals surface area contributed by atoms with Crippen molar-refractivity contribution in [1.29, 1.82) is 0 Å². The van der Waals surface area contributed by atoms with Crippen LogP contribution in [0.1, 0.15) is 38.5 Å². The Balaban J connectivity index is 2.01. The van der Waals surface area contributed by atoms with Gasteiger partial charge in [0.05, 0.1) is 0 Å². The van der Waals surface area contributed by atoms with E-state index in [0.717, 1.165) is 5.41 Å². The maximum absolute atomic E-state index is 2.57. The molecular weight excluding hydrogens is 96.1 g/mol. The topological polar surface area (TPSA) is 0 Å². The molecule has 0 saturated heterocycles. The average molecular weight is 109 g/mol. The molecule has 45 valence electrons. The van der Waals surface area contributed by atoms with Crippen LogP contribution >= 0.6 is 0 Å². The molecule has 0 nitrogen and oxygen atoms in total. The van der Waals surface area contributed by atoms with E-state index in [-0.39, 0.29) is 0 Å². The third-order valence-corrected chi connectivity index (χ3v) is 2.81. The Morgan fingerprint density at radius 3 is 2.00 bits per heavy atom. The Labute approximate surface area is 51.3 Å². The third kappa shape index (κ3) is 0.519. The van der Waals surface area contributed by atoms with Gasteiger partial charge in [0.1, 0.15) is 0 Å². The van der Waals surface area contributed by atoms with Gasteiger partial charge in [0.2, 0.25) is 0 Å². The van der Waals surface area contributed by atoms with E-state index in [1.807, 2.05) is 0 Å². The molecule has 1 radical (unpaired) electrons. The molecule has 0 aromatic carbocycles. The van der Waals surface area contributed by atoms with Crippen molar-refractivity contribution >= 4 is 0 Å². The molecule has 0 bridgehead atoms. The van der Waals surface area contributed by atoms with Gasteiger partial charge < -0.3 is 0 Å². The zero-order valence-corrected chi connectivity index (χ0v) is 5.32. The lowest BCUT2D eigenvalue weighted by atomic mass is 9.68. The molecular formula is C8H13. The van der Waals surface area contributed by atoms with Crippen molar-refractivity contribution in [2.75, 3.05) is 0 Å². The van der Waals surface area contributed by atoms with Crippen LogP contribution < -0.4 is 0 Å². The van der Waals surface area contributed by atoms with Crippen LogP contribution in [0.25, 0.3) is 0 Å². The van der Waals surface area contributed by atoms with E-state index in [1.54, 1.807) is 0 Å². The summed E-state index contributed by atoms with van der Waals surface area (Å²) in [7, 11) is 0. The van der Waals surface area contributed by atoms with E-state index in [2.05, 4.69) is 6.42 Å². The normalized spacial score (nSPS) is 33.0. The lowest BCUT2D eigenvalue weighted by Crippen LogP contribution is -2.25. The average Bonchev–Trinajstić information content (AvgIpc) is 2.07. The summed E-state index contributed by atoms with van der Waals surface area (Å²) in [6.45, 7) is 0. The van der Waals surface area contributed by atoms with Gasteiger partial charge in [0, 0.05) is 0 Å². The van der Waals surface area contributed by atoms with Crippen LogP contribution in [0.4, 0.5) is 0 Å². The molecule has 2 saturated carbocycles. The lowest BCUT2D eigenvalue weighted by molar-refractivity contribution is 0.190. The Kier molecular flexibility index (Phi) is 0.902. The van der Waals surface area contributed by atoms with Crippen LogP contribution in [0.15, 0.2) is 0 Å². The molecule has 0 heteroatoms. The molecule has 0 amide bonds. The van der Waals surface area contributed by atoms with Crippen molar-refractivity contribution in [2.45, 2.75) is 38.5 Å². The highest BCUT2D eigenvalue weighted by atomic mass is 14.4. The van der Waals surface area contributed by atoms with Crippen molar-refractivity contribution < 1.29 is 0 Å². The standard InChI is InChI=1S/C8H13/c1-2-5-8(4-1)6-3-7-8/h4H,1-3,5-7H2. The van der Waals surface area contributed by atoms with Crippen LogP contribution in [0.5, 0.6) is 0 Å². The van der Waals surface area contributed by atoms with E-state index in [0.29, 0.717) is 0 Å². The summed E-state index contributed by atoms with van der Waals surface area (Å²) < 4.78 is 0. The van der Waals surface area contributed by atoms with Gasteiger partial charge in [-0.05, 0) is 37.5 Å². The summed E-state index contributed by atoms with van der Waals surface area (Å²) in [5.41, 5.74) is 0.792. The fraction of sp³-hybridized carbons (Fsp3) is 0.875. The third-order valence-electron chi connectivity index (χ3n) is 2.81. The molecule has 0 heterocycles. The number of hydrogen-bond donors (Lipinski definition) is 0. The van der Waals surface area contributed by atoms with Crippen molar-refractivity contribution in [3.05, 3.63) is 6.42 Å². The molecule has 1 spiro atoms. The molecule has 2 aliphatic rings. The summed E-state index contributed by atoms with van der Waals surface area (Å²) in [5, 5.41) is 0. The molecule has 8 heavy (non-hydrogen) atoms. The predicted molar refractivity (Wildman–Crippen MR) is 34.4 cm³/mol. The molecule has 0 N–H and O–H groups in total. The van der Waals surface area contributed by atoms with Crippen LogP contribution in [0.3, 0.4) is 0 Å². The van der Waals surface area contributed by atoms with Gasteiger partial charge in [-0.15, -0.1) is 0 Å². The molecule has 0 atom stereocenters. The minimum absolute atomic E-state index is 0.792. The van der Waals surface area contributed by atoms with Crippen molar-refractivity contribution in [3.63, 3.8) is 0 Å². The summed E-state index contributed by atoms with van der Waals surface area (Å²) in [4.78, 5) is 0. The van der Waals surface area contributed by atoms with E-state index in [9.17, 15) is 0 Å². The summed E-state index contributed by atoms with van der Waals surface area (Å²) in [6.07, 6.45) is 11.5. The van der Waals surface area contributed by atoms with Gasteiger partial charge in [-0.1, -0.05) is 12.8 Å². The fourth-order valence-electron chi connectivity index (χ4n) is 2.05. The monoisotopic (exact) mass is 109 g/mol. The maximum Gasteiger partial charge on any atom is -0.0266 e. The Hall–Kier alpha value is 0. The summed E-state index contributed by atoms with van der Waals surface area (Å²) in [6, 6.07) is 0. The minimum atomic E-state index is 0.792. The first kappa shape index (κ1) is 4.84. The second kappa shape index (κ2) is 1.49. The first-order valence-electron chi connectivity index (χ1n) is 3.76. The van der Waals surface area contributed by atoms with E-state index in [1.165, 1.54) is 38.5 Å². The Bertz CT molecular complexity index is 82.2. The summed E-state index contributed by atoms with van der Waals surface area (Å²) in [5.74, 6) is 0. The van der Waals surface area contributed by atoms with E-state index in [4.69, 9.17) is 0 Å². The maximum atomic E-state index is 2.57. The van der Waals surface area contributed by atoms with Gasteiger partial charge in [0.25, 0.3) is 0 Å². The summed E-state index contributed by atoms with van der Waals surface area (Å²) >= 11 is 0. The zero-order chi connectivity index (χ0) is 5.45. The molecule has 0 aromatic heterocycles. The highest BCUT2D eigenvalue weighted by Crippen LogP contribution is 2.52. The zero-order valence-electron chi connectivity index (χ0n) is 5.32. The quantitative estimate of drug-likeness (QED) is 0.448. The van der Waals surface area contributed by atoms with E-state index >= 15 is 0 Å². The molecule has 0 aliphatic heterocycles. The fourth-order valence-corrected chi connectivity index (χ4v) is 2.05. The van der Waals surface area contributed by atoms with Gasteiger partial charge in [0.15, 0.2) is 0 Å². The van der Waals surface area contributed by atoms with Crippen LogP contribution in [-0.4, -0.2) is 0 Å². The first-order valence-corrected chi connectivity index (χ1v) is 3.76. The number of hydrogen-bond acceptors (Lipinski definition) is 0. The van der Waals surface area contributed by atoms with Gasteiger partial charge in [-0.3, -0.25) is 0 Å². The lowest BCUT2D eigenvalue weighted by Gasteiger charge is -2.37. The highest BCUT2D eigenvalue weighted by molar-refractivity contribution is 5.02. The van der Waals surface area contributed by atoms with Gasteiger partial charge >= 0.3 is 0 Å². The Morgan fingerprint density at radius 1 is 1.00 bits per heavy atom. The second-order valence-corrected chi connectivity index (χ2v) is 3.31. The highest BCUT2D eigenvalue weighted by Gasteiger charge is 2.38. The van der Waals surface area contributed by atoms with E-state index < -0.39 is 0 Å². The molecule has 2 rings (SSSR count). The smallest absolute Gasteiger partial charge is 0.0266 e. The molecule has 2 fully saturated rings. The van der Waals surface area contributed by atoms with Crippen LogP contribution in [0.2, 0.25) is 0 Å².